The van der Waals surface area contributed by atoms with Gasteiger partial charge in [-0.15, -0.1) is 0 Å². The fourth-order valence-electron chi connectivity index (χ4n) is 4.25. The highest BCUT2D eigenvalue weighted by atomic mass is 16.5. The number of morpholine rings is 1. The standard InChI is InChI=1S/C28H35N3O3/c1-19-6-7-22(16-20(19)2)26-17-24(30-34-26)27(32)29-18-25(31-12-14-33-15-13-31)21-8-10-23(11-9-21)28(3,4)5/h6-11,16-17,25H,12-15,18H2,1-5H3,(H,29,32)/t25-/m0/s1. The summed E-state index contributed by atoms with van der Waals surface area (Å²) in [6.07, 6.45) is 0. The van der Waals surface area contributed by atoms with Gasteiger partial charge in [0, 0.05) is 31.3 Å². The number of aromatic nitrogens is 1. The van der Waals surface area contributed by atoms with Gasteiger partial charge in [0.2, 0.25) is 0 Å². The van der Waals surface area contributed by atoms with Crippen LogP contribution in [0.5, 0.6) is 0 Å². The molecule has 0 aliphatic carbocycles. The summed E-state index contributed by atoms with van der Waals surface area (Å²) in [6.45, 7) is 14.3. The first-order chi connectivity index (χ1) is 16.2. The van der Waals surface area contributed by atoms with Crippen molar-refractivity contribution in [3.05, 3.63) is 76.5 Å². The topological polar surface area (TPSA) is 67.6 Å². The second-order valence-electron chi connectivity index (χ2n) is 10.1. The summed E-state index contributed by atoms with van der Waals surface area (Å²) in [5.41, 5.74) is 6.17. The summed E-state index contributed by atoms with van der Waals surface area (Å²) in [7, 11) is 0. The van der Waals surface area contributed by atoms with E-state index < -0.39 is 0 Å². The summed E-state index contributed by atoms with van der Waals surface area (Å²) in [5.74, 6) is 0.360. The van der Waals surface area contributed by atoms with Gasteiger partial charge < -0.3 is 14.6 Å². The minimum atomic E-state index is -0.233. The average molecular weight is 462 g/mol. The van der Waals surface area contributed by atoms with Crippen molar-refractivity contribution >= 4 is 5.91 Å². The lowest BCUT2D eigenvalue weighted by molar-refractivity contribution is 0.0162. The van der Waals surface area contributed by atoms with E-state index in [9.17, 15) is 4.79 Å². The summed E-state index contributed by atoms with van der Waals surface area (Å²) in [5, 5.41) is 7.11. The third-order valence-corrected chi connectivity index (χ3v) is 6.64. The maximum Gasteiger partial charge on any atom is 0.273 e. The van der Waals surface area contributed by atoms with Gasteiger partial charge in [-0.05, 0) is 47.6 Å². The van der Waals surface area contributed by atoms with Crippen molar-refractivity contribution < 1.29 is 14.1 Å². The lowest BCUT2D eigenvalue weighted by atomic mass is 9.86. The predicted molar refractivity (Wildman–Crippen MR) is 134 cm³/mol. The van der Waals surface area contributed by atoms with E-state index in [0.29, 0.717) is 25.5 Å². The minimum absolute atomic E-state index is 0.0630. The summed E-state index contributed by atoms with van der Waals surface area (Å²) in [6, 6.07) is 16.6. The zero-order chi connectivity index (χ0) is 24.3. The molecule has 0 radical (unpaired) electrons. The van der Waals surface area contributed by atoms with Gasteiger partial charge in [-0.3, -0.25) is 9.69 Å². The molecule has 180 valence electrons. The molecule has 0 saturated carbocycles. The number of benzene rings is 2. The largest absolute Gasteiger partial charge is 0.379 e. The first-order valence-electron chi connectivity index (χ1n) is 12.0. The molecule has 2 aromatic carbocycles. The highest BCUT2D eigenvalue weighted by Gasteiger charge is 2.25. The Morgan fingerprint density at radius 3 is 2.38 bits per heavy atom. The van der Waals surface area contributed by atoms with Crippen LogP contribution in [-0.4, -0.2) is 48.8 Å². The van der Waals surface area contributed by atoms with E-state index in [1.54, 1.807) is 6.07 Å². The van der Waals surface area contributed by atoms with Gasteiger partial charge in [0.05, 0.1) is 19.3 Å². The lowest BCUT2D eigenvalue weighted by Gasteiger charge is -2.35. The van der Waals surface area contributed by atoms with Crippen LogP contribution >= 0.6 is 0 Å². The molecule has 1 amide bonds. The zero-order valence-corrected chi connectivity index (χ0v) is 20.9. The fourth-order valence-corrected chi connectivity index (χ4v) is 4.25. The number of amides is 1. The molecular formula is C28H35N3O3. The van der Waals surface area contributed by atoms with Crippen LogP contribution in [0.25, 0.3) is 11.3 Å². The van der Waals surface area contributed by atoms with Crippen molar-refractivity contribution in [2.24, 2.45) is 0 Å². The summed E-state index contributed by atoms with van der Waals surface area (Å²) in [4.78, 5) is 15.3. The zero-order valence-electron chi connectivity index (χ0n) is 20.9. The van der Waals surface area contributed by atoms with E-state index in [1.165, 1.54) is 22.3 Å². The fraction of sp³-hybridized carbons (Fsp3) is 0.429. The van der Waals surface area contributed by atoms with Crippen molar-refractivity contribution in [1.82, 2.24) is 15.4 Å². The maximum atomic E-state index is 12.9. The number of aryl methyl sites for hydroxylation is 2. The number of nitrogens with one attached hydrogen (secondary N) is 1. The van der Waals surface area contributed by atoms with Gasteiger partial charge in [0.25, 0.3) is 5.91 Å². The number of hydrogen-bond donors (Lipinski definition) is 1. The molecule has 2 heterocycles. The second-order valence-corrected chi connectivity index (χ2v) is 10.1. The maximum absolute atomic E-state index is 12.9. The van der Waals surface area contributed by atoms with E-state index in [0.717, 1.165) is 18.7 Å². The van der Waals surface area contributed by atoms with Crippen molar-refractivity contribution in [2.45, 2.75) is 46.1 Å². The van der Waals surface area contributed by atoms with Crippen LogP contribution in [0.1, 0.15) is 59.6 Å². The van der Waals surface area contributed by atoms with Crippen molar-refractivity contribution in [3.8, 4) is 11.3 Å². The van der Waals surface area contributed by atoms with Crippen LogP contribution in [-0.2, 0) is 10.2 Å². The molecule has 4 rings (SSSR count). The number of hydrogen-bond acceptors (Lipinski definition) is 5. The Morgan fingerprint density at radius 2 is 1.74 bits per heavy atom. The normalized spacial score (nSPS) is 15.8. The Bertz CT molecular complexity index is 1120. The first-order valence-corrected chi connectivity index (χ1v) is 12.0. The molecule has 3 aromatic rings. The molecule has 1 N–H and O–H groups in total. The minimum Gasteiger partial charge on any atom is -0.379 e. The molecule has 1 aromatic heterocycles. The van der Waals surface area contributed by atoms with E-state index in [4.69, 9.17) is 9.26 Å². The number of carbonyl (C=O) groups is 1. The quantitative estimate of drug-likeness (QED) is 0.556. The summed E-state index contributed by atoms with van der Waals surface area (Å²) >= 11 is 0. The molecule has 1 atom stereocenters. The Balaban J connectivity index is 1.48. The molecule has 6 heteroatoms. The monoisotopic (exact) mass is 461 g/mol. The Labute approximate surface area is 202 Å². The molecule has 0 spiro atoms. The molecule has 34 heavy (non-hydrogen) atoms. The predicted octanol–water partition coefficient (Wildman–Crippen LogP) is 5.06. The Hall–Kier alpha value is -2.96. The van der Waals surface area contributed by atoms with Crippen molar-refractivity contribution in [1.29, 1.82) is 0 Å². The molecule has 1 saturated heterocycles. The molecule has 0 bridgehead atoms. The highest BCUT2D eigenvalue weighted by molar-refractivity contribution is 5.93. The number of rotatable bonds is 6. The molecule has 1 aliphatic rings. The van der Waals surface area contributed by atoms with Gasteiger partial charge in [0.1, 0.15) is 0 Å². The smallest absolute Gasteiger partial charge is 0.273 e. The third-order valence-electron chi connectivity index (χ3n) is 6.64. The second kappa shape index (κ2) is 10.1. The van der Waals surface area contributed by atoms with Gasteiger partial charge in [-0.2, -0.15) is 0 Å². The highest BCUT2D eigenvalue weighted by Crippen LogP contribution is 2.27. The van der Waals surface area contributed by atoms with Crippen LogP contribution in [0.2, 0.25) is 0 Å². The van der Waals surface area contributed by atoms with Crippen LogP contribution in [0.15, 0.2) is 53.1 Å². The molecule has 1 aliphatic heterocycles. The first kappa shape index (κ1) is 24.2. The number of ether oxygens (including phenoxy) is 1. The molecule has 0 unspecified atom stereocenters. The lowest BCUT2D eigenvalue weighted by Crippen LogP contribution is -2.43. The average Bonchev–Trinajstić information content (AvgIpc) is 3.32. The van der Waals surface area contributed by atoms with E-state index in [1.807, 2.05) is 18.2 Å². The molecule has 6 nitrogen and oxygen atoms in total. The summed E-state index contributed by atoms with van der Waals surface area (Å²) < 4.78 is 11.0. The van der Waals surface area contributed by atoms with Crippen LogP contribution in [0, 0.1) is 13.8 Å². The Kier molecular flexibility index (Phi) is 7.19. The number of nitrogens with zero attached hydrogens (tertiary/aromatic N) is 2. The molecule has 1 fully saturated rings. The van der Waals surface area contributed by atoms with E-state index in [2.05, 4.69) is 74.3 Å². The van der Waals surface area contributed by atoms with Gasteiger partial charge in [-0.25, -0.2) is 0 Å². The van der Waals surface area contributed by atoms with Gasteiger partial charge in [-0.1, -0.05) is 62.3 Å². The van der Waals surface area contributed by atoms with Crippen molar-refractivity contribution in [2.75, 3.05) is 32.8 Å². The van der Waals surface area contributed by atoms with Crippen LogP contribution in [0.4, 0.5) is 0 Å². The van der Waals surface area contributed by atoms with Crippen LogP contribution in [0.3, 0.4) is 0 Å². The van der Waals surface area contributed by atoms with Crippen molar-refractivity contribution in [3.63, 3.8) is 0 Å². The van der Waals surface area contributed by atoms with Gasteiger partial charge in [0.15, 0.2) is 11.5 Å². The number of carbonyl (C=O) groups excluding carboxylic acids is 1. The molecular weight excluding hydrogens is 426 g/mol. The third kappa shape index (κ3) is 5.57. The van der Waals surface area contributed by atoms with E-state index in [-0.39, 0.29) is 23.1 Å². The van der Waals surface area contributed by atoms with Gasteiger partial charge >= 0.3 is 0 Å². The Morgan fingerprint density at radius 1 is 1.03 bits per heavy atom. The van der Waals surface area contributed by atoms with Crippen LogP contribution < -0.4 is 5.32 Å². The van der Waals surface area contributed by atoms with E-state index >= 15 is 0 Å². The SMILES string of the molecule is Cc1ccc(-c2cc(C(=O)NC[C@@H](c3ccc(C(C)(C)C)cc3)N3CCOCC3)no2)cc1C.